The molecule has 0 bridgehead atoms. The summed E-state index contributed by atoms with van der Waals surface area (Å²) in [7, 11) is 1.50. The van der Waals surface area contributed by atoms with E-state index in [1.165, 1.54) is 7.05 Å². The Labute approximate surface area is 88.2 Å². The van der Waals surface area contributed by atoms with Crippen molar-refractivity contribution in [2.75, 3.05) is 26.0 Å². The minimum Gasteiger partial charge on any atom is -0.490 e. The van der Waals surface area contributed by atoms with E-state index in [1.54, 1.807) is 24.3 Å². The van der Waals surface area contributed by atoms with Gasteiger partial charge in [0.05, 0.1) is 0 Å². The second-order valence-electron chi connectivity index (χ2n) is 2.80. The van der Waals surface area contributed by atoms with Gasteiger partial charge in [0.1, 0.15) is 19.0 Å². The molecule has 0 saturated heterocycles. The summed E-state index contributed by atoms with van der Waals surface area (Å²) >= 11 is 0. The molecule has 0 fully saturated rings. The lowest BCUT2D eigenvalue weighted by Crippen LogP contribution is -2.21. The molecule has 0 radical (unpaired) electrons. The maximum atomic E-state index is 10.7. The van der Waals surface area contributed by atoms with Crippen molar-refractivity contribution in [1.29, 1.82) is 0 Å². The van der Waals surface area contributed by atoms with Gasteiger partial charge in [-0.25, -0.2) is 4.79 Å². The molecule has 0 aliphatic heterocycles. The SMILES string of the molecule is CNC(=O)OCCOc1ccc(N)cc1. The number of carbonyl (C=O) groups is 1. The lowest BCUT2D eigenvalue weighted by Gasteiger charge is -2.06. The third-order valence-electron chi connectivity index (χ3n) is 1.67. The number of alkyl carbamates (subject to hydrolysis) is 1. The first kappa shape index (κ1) is 11.2. The molecule has 5 heteroatoms. The third kappa shape index (κ3) is 4.21. The molecule has 0 aromatic heterocycles. The van der Waals surface area contributed by atoms with Crippen LogP contribution in [0.15, 0.2) is 24.3 Å². The topological polar surface area (TPSA) is 73.6 Å². The maximum absolute atomic E-state index is 10.7. The minimum atomic E-state index is -0.462. The van der Waals surface area contributed by atoms with Gasteiger partial charge in [-0.1, -0.05) is 0 Å². The summed E-state index contributed by atoms with van der Waals surface area (Å²) in [5.41, 5.74) is 6.19. The van der Waals surface area contributed by atoms with Gasteiger partial charge in [-0.05, 0) is 24.3 Å². The van der Waals surface area contributed by atoms with Crippen LogP contribution >= 0.6 is 0 Å². The first-order valence-electron chi connectivity index (χ1n) is 4.55. The predicted molar refractivity (Wildman–Crippen MR) is 56.8 cm³/mol. The number of rotatable bonds is 4. The van der Waals surface area contributed by atoms with E-state index < -0.39 is 6.09 Å². The summed E-state index contributed by atoms with van der Waals surface area (Å²) in [5, 5.41) is 2.34. The molecular weight excluding hydrogens is 196 g/mol. The average Bonchev–Trinajstić information content (AvgIpc) is 2.26. The van der Waals surface area contributed by atoms with E-state index in [-0.39, 0.29) is 6.61 Å². The zero-order chi connectivity index (χ0) is 11.1. The first-order valence-corrected chi connectivity index (χ1v) is 4.55. The van der Waals surface area contributed by atoms with Crippen LogP contribution < -0.4 is 15.8 Å². The van der Waals surface area contributed by atoms with Gasteiger partial charge in [0, 0.05) is 12.7 Å². The highest BCUT2D eigenvalue weighted by Crippen LogP contribution is 2.12. The van der Waals surface area contributed by atoms with Crippen LogP contribution in [0.2, 0.25) is 0 Å². The average molecular weight is 210 g/mol. The van der Waals surface area contributed by atoms with Crippen LogP contribution in [-0.2, 0) is 4.74 Å². The van der Waals surface area contributed by atoms with Gasteiger partial charge in [0.2, 0.25) is 0 Å². The summed E-state index contributed by atoms with van der Waals surface area (Å²) in [6.07, 6.45) is -0.462. The van der Waals surface area contributed by atoms with Gasteiger partial charge in [-0.2, -0.15) is 0 Å². The van der Waals surface area contributed by atoms with Gasteiger partial charge in [0.25, 0.3) is 0 Å². The fourth-order valence-corrected chi connectivity index (χ4v) is 0.930. The molecule has 0 unspecified atom stereocenters. The molecule has 0 spiro atoms. The summed E-state index contributed by atoms with van der Waals surface area (Å²) < 4.78 is 10.0. The molecule has 1 aromatic carbocycles. The highest BCUT2D eigenvalue weighted by Gasteiger charge is 1.97. The lowest BCUT2D eigenvalue weighted by molar-refractivity contribution is 0.127. The van der Waals surface area contributed by atoms with Crippen molar-refractivity contribution in [2.45, 2.75) is 0 Å². The van der Waals surface area contributed by atoms with E-state index in [4.69, 9.17) is 15.2 Å². The van der Waals surface area contributed by atoms with E-state index in [2.05, 4.69) is 5.32 Å². The molecule has 0 atom stereocenters. The summed E-state index contributed by atoms with van der Waals surface area (Å²) in [5.74, 6) is 0.699. The van der Waals surface area contributed by atoms with Crippen LogP contribution in [0.25, 0.3) is 0 Å². The molecule has 0 heterocycles. The molecule has 82 valence electrons. The van der Waals surface area contributed by atoms with Crippen molar-refractivity contribution in [3.05, 3.63) is 24.3 Å². The number of nitrogens with two attached hydrogens (primary N) is 1. The Morgan fingerprint density at radius 1 is 1.33 bits per heavy atom. The van der Waals surface area contributed by atoms with Crippen LogP contribution in [0.3, 0.4) is 0 Å². The number of carbonyl (C=O) groups excluding carboxylic acids is 1. The first-order chi connectivity index (χ1) is 7.22. The molecule has 15 heavy (non-hydrogen) atoms. The molecule has 0 aliphatic carbocycles. The number of ether oxygens (including phenoxy) is 2. The minimum absolute atomic E-state index is 0.212. The fraction of sp³-hybridized carbons (Fsp3) is 0.300. The molecular formula is C10H14N2O3. The van der Waals surface area contributed by atoms with Gasteiger partial charge in [0.15, 0.2) is 0 Å². The quantitative estimate of drug-likeness (QED) is 0.574. The van der Waals surface area contributed by atoms with E-state index in [0.717, 1.165) is 0 Å². The van der Waals surface area contributed by atoms with E-state index >= 15 is 0 Å². The molecule has 1 aromatic rings. The van der Waals surface area contributed by atoms with Crippen LogP contribution in [-0.4, -0.2) is 26.4 Å². The Kier molecular flexibility index (Phi) is 4.28. The maximum Gasteiger partial charge on any atom is 0.406 e. The molecule has 5 nitrogen and oxygen atoms in total. The van der Waals surface area contributed by atoms with Crippen LogP contribution in [0.1, 0.15) is 0 Å². The second-order valence-corrected chi connectivity index (χ2v) is 2.80. The largest absolute Gasteiger partial charge is 0.490 e. The van der Waals surface area contributed by atoms with Crippen molar-refractivity contribution in [1.82, 2.24) is 5.32 Å². The Hall–Kier alpha value is -1.91. The van der Waals surface area contributed by atoms with Gasteiger partial charge < -0.3 is 20.5 Å². The predicted octanol–water partition coefficient (Wildman–Crippen LogP) is 1.00. The van der Waals surface area contributed by atoms with Gasteiger partial charge in [-0.15, -0.1) is 0 Å². The van der Waals surface area contributed by atoms with Crippen molar-refractivity contribution >= 4 is 11.8 Å². The van der Waals surface area contributed by atoms with Gasteiger partial charge >= 0.3 is 6.09 Å². The van der Waals surface area contributed by atoms with Crippen molar-refractivity contribution in [2.24, 2.45) is 0 Å². The van der Waals surface area contributed by atoms with Crippen molar-refractivity contribution < 1.29 is 14.3 Å². The van der Waals surface area contributed by atoms with Crippen LogP contribution in [0, 0.1) is 0 Å². The number of nitrogens with one attached hydrogen (secondary N) is 1. The Morgan fingerprint density at radius 3 is 2.60 bits per heavy atom. The highest BCUT2D eigenvalue weighted by molar-refractivity contribution is 5.66. The number of anilines is 1. The fourth-order valence-electron chi connectivity index (χ4n) is 0.930. The van der Waals surface area contributed by atoms with Gasteiger partial charge in [-0.3, -0.25) is 0 Å². The number of nitrogen functional groups attached to an aromatic ring is 1. The zero-order valence-electron chi connectivity index (χ0n) is 8.53. The van der Waals surface area contributed by atoms with Crippen molar-refractivity contribution in [3.8, 4) is 5.75 Å². The van der Waals surface area contributed by atoms with E-state index in [1.807, 2.05) is 0 Å². The monoisotopic (exact) mass is 210 g/mol. The molecule has 0 saturated carbocycles. The van der Waals surface area contributed by atoms with Crippen LogP contribution in [0.4, 0.5) is 10.5 Å². The standard InChI is InChI=1S/C10H14N2O3/c1-12-10(13)15-7-6-14-9-4-2-8(11)3-5-9/h2-5H,6-7,11H2,1H3,(H,12,13). The number of benzene rings is 1. The summed E-state index contributed by atoms with van der Waals surface area (Å²) in [6, 6.07) is 7.01. The Balaban J connectivity index is 2.20. The second kappa shape index (κ2) is 5.74. The number of hydrogen-bond acceptors (Lipinski definition) is 4. The lowest BCUT2D eigenvalue weighted by atomic mass is 10.3. The third-order valence-corrected chi connectivity index (χ3v) is 1.67. The molecule has 3 N–H and O–H groups in total. The van der Waals surface area contributed by atoms with Crippen LogP contribution in [0.5, 0.6) is 5.75 Å². The zero-order valence-corrected chi connectivity index (χ0v) is 8.53. The Morgan fingerprint density at radius 2 is 2.00 bits per heavy atom. The molecule has 1 amide bonds. The Bertz CT molecular complexity index is 311. The normalized spacial score (nSPS) is 9.40. The molecule has 0 aliphatic rings. The highest BCUT2D eigenvalue weighted by atomic mass is 16.6. The summed E-state index contributed by atoms with van der Waals surface area (Å²) in [6.45, 7) is 0.529. The number of hydrogen-bond donors (Lipinski definition) is 2. The van der Waals surface area contributed by atoms with Crippen molar-refractivity contribution in [3.63, 3.8) is 0 Å². The smallest absolute Gasteiger partial charge is 0.406 e. The van der Waals surface area contributed by atoms with E-state index in [0.29, 0.717) is 18.0 Å². The van der Waals surface area contributed by atoms with E-state index in [9.17, 15) is 4.79 Å². The summed E-state index contributed by atoms with van der Waals surface area (Å²) in [4.78, 5) is 10.7. The molecule has 1 rings (SSSR count). The number of amides is 1.